The molecule has 1 atom stereocenters. The minimum Gasteiger partial charge on any atom is -0.331 e. The van der Waals surface area contributed by atoms with E-state index in [4.69, 9.17) is 0 Å². The third-order valence-corrected chi connectivity index (χ3v) is 3.83. The predicted molar refractivity (Wildman–Crippen MR) is 94.3 cm³/mol. The summed E-state index contributed by atoms with van der Waals surface area (Å²) in [6.45, 7) is 4.10. The Morgan fingerprint density at radius 3 is 2.56 bits per heavy atom. The van der Waals surface area contributed by atoms with Gasteiger partial charge >= 0.3 is 6.03 Å². The van der Waals surface area contributed by atoms with Crippen molar-refractivity contribution < 1.29 is 4.79 Å². The smallest absolute Gasteiger partial charge is 0.320 e. The summed E-state index contributed by atoms with van der Waals surface area (Å²) >= 11 is 0. The lowest BCUT2D eigenvalue weighted by Gasteiger charge is -2.21. The molecule has 0 saturated carbocycles. The Balaban J connectivity index is 1.73. The minimum absolute atomic E-state index is 0.144. The van der Waals surface area contributed by atoms with Gasteiger partial charge in [0.25, 0.3) is 0 Å². The molecule has 0 fully saturated rings. The number of rotatable bonds is 5. The first-order chi connectivity index (χ1) is 12.0. The molecule has 0 spiro atoms. The van der Waals surface area contributed by atoms with Crippen LogP contribution >= 0.6 is 0 Å². The van der Waals surface area contributed by atoms with Gasteiger partial charge in [-0.1, -0.05) is 37.3 Å². The normalized spacial score (nSPS) is 12.2. The molecular weight excluding hydrogens is 318 g/mol. The summed E-state index contributed by atoms with van der Waals surface area (Å²) in [6, 6.07) is 9.04. The Morgan fingerprint density at radius 1 is 1.16 bits per heavy atom. The second kappa shape index (κ2) is 7.16. The Kier molecular flexibility index (Phi) is 4.78. The number of hydrogen-bond donors (Lipinski definition) is 2. The summed E-state index contributed by atoms with van der Waals surface area (Å²) in [5.41, 5.74) is 1.78. The highest BCUT2D eigenvalue weighted by molar-refractivity contribution is 5.88. The topological polar surface area (TPSA) is 89.7 Å². The first kappa shape index (κ1) is 16.7. The van der Waals surface area contributed by atoms with Gasteiger partial charge in [0.2, 0.25) is 0 Å². The molecule has 25 heavy (non-hydrogen) atoms. The maximum absolute atomic E-state index is 12.5. The molecule has 3 rings (SSSR count). The van der Waals surface area contributed by atoms with Crippen LogP contribution in [0, 0.1) is 5.92 Å². The molecule has 0 aliphatic carbocycles. The van der Waals surface area contributed by atoms with E-state index in [1.54, 1.807) is 15.6 Å². The van der Waals surface area contributed by atoms with Crippen LogP contribution < -0.4 is 10.6 Å². The number of amides is 2. The third-order valence-electron chi connectivity index (χ3n) is 3.83. The quantitative estimate of drug-likeness (QED) is 0.747. The van der Waals surface area contributed by atoms with Gasteiger partial charge in [-0.15, -0.1) is 5.10 Å². The van der Waals surface area contributed by atoms with Crippen LogP contribution in [0.5, 0.6) is 0 Å². The number of aryl methyl sites for hydroxylation is 1. The molecule has 3 aromatic rings. The highest BCUT2D eigenvalue weighted by atomic mass is 16.2. The number of anilines is 1. The van der Waals surface area contributed by atoms with E-state index in [2.05, 4.69) is 26.0 Å². The summed E-state index contributed by atoms with van der Waals surface area (Å²) < 4.78 is 3.30. The van der Waals surface area contributed by atoms with Crippen molar-refractivity contribution in [3.63, 3.8) is 0 Å². The van der Waals surface area contributed by atoms with Crippen LogP contribution in [0.1, 0.15) is 25.5 Å². The van der Waals surface area contributed by atoms with E-state index in [0.29, 0.717) is 5.82 Å². The summed E-state index contributed by atoms with van der Waals surface area (Å²) in [4.78, 5) is 12.5. The molecule has 2 heterocycles. The first-order valence-corrected chi connectivity index (χ1v) is 8.07. The standard InChI is InChI=1S/C17H21N7O/c1-12(2)16(13-9-19-23(3)11-13)21-17(25)20-15-10-18-22-24(15)14-7-5-4-6-8-14/h4-12,16H,1-3H3,(H2,20,21,25). The molecule has 0 bridgehead atoms. The molecule has 0 saturated heterocycles. The summed E-state index contributed by atoms with van der Waals surface area (Å²) in [5.74, 6) is 0.713. The Labute approximate surface area is 145 Å². The average Bonchev–Trinajstić information content (AvgIpc) is 3.22. The predicted octanol–water partition coefficient (Wildman–Crippen LogP) is 2.52. The molecule has 2 amide bonds. The molecule has 0 aliphatic heterocycles. The second-order valence-corrected chi connectivity index (χ2v) is 6.13. The monoisotopic (exact) mass is 339 g/mol. The van der Waals surface area contributed by atoms with Crippen LogP contribution in [0.4, 0.5) is 10.6 Å². The molecule has 2 aromatic heterocycles. The van der Waals surface area contributed by atoms with E-state index in [-0.39, 0.29) is 18.0 Å². The molecule has 130 valence electrons. The molecular formula is C17H21N7O. The van der Waals surface area contributed by atoms with E-state index in [9.17, 15) is 4.79 Å². The SMILES string of the molecule is CC(C)C(NC(=O)Nc1cnnn1-c1ccccc1)c1cnn(C)c1. The lowest BCUT2D eigenvalue weighted by Crippen LogP contribution is -2.35. The van der Waals surface area contributed by atoms with Gasteiger partial charge in [0.1, 0.15) is 0 Å². The highest BCUT2D eigenvalue weighted by Crippen LogP contribution is 2.21. The van der Waals surface area contributed by atoms with Gasteiger partial charge in [-0.2, -0.15) is 9.78 Å². The van der Waals surface area contributed by atoms with Crippen LogP contribution in [0.3, 0.4) is 0 Å². The Hall–Kier alpha value is -3.16. The maximum Gasteiger partial charge on any atom is 0.320 e. The van der Waals surface area contributed by atoms with Crippen molar-refractivity contribution in [3.05, 3.63) is 54.5 Å². The van der Waals surface area contributed by atoms with Gasteiger partial charge in [-0.3, -0.25) is 10.00 Å². The molecule has 8 heteroatoms. The van der Waals surface area contributed by atoms with E-state index in [1.165, 1.54) is 6.20 Å². The number of benzene rings is 1. The van der Waals surface area contributed by atoms with Crippen molar-refractivity contribution in [2.45, 2.75) is 19.9 Å². The second-order valence-electron chi connectivity index (χ2n) is 6.13. The number of para-hydroxylation sites is 1. The molecule has 1 aromatic carbocycles. The van der Waals surface area contributed by atoms with Gasteiger partial charge in [-0.05, 0) is 18.1 Å². The molecule has 8 nitrogen and oxygen atoms in total. The van der Waals surface area contributed by atoms with Crippen LogP contribution in [0.25, 0.3) is 5.69 Å². The van der Waals surface area contributed by atoms with Gasteiger partial charge in [0, 0.05) is 18.8 Å². The summed E-state index contributed by atoms with van der Waals surface area (Å²) in [7, 11) is 1.85. The number of hydrogen-bond acceptors (Lipinski definition) is 4. The summed E-state index contributed by atoms with van der Waals surface area (Å²) in [5, 5.41) is 17.9. The Bertz CT molecular complexity index is 838. The van der Waals surface area contributed by atoms with Crippen LogP contribution in [-0.4, -0.2) is 30.8 Å². The van der Waals surface area contributed by atoms with Gasteiger partial charge < -0.3 is 5.32 Å². The van der Waals surface area contributed by atoms with Gasteiger partial charge in [0.05, 0.1) is 24.1 Å². The van der Waals surface area contributed by atoms with Crippen LogP contribution in [-0.2, 0) is 7.05 Å². The van der Waals surface area contributed by atoms with Crippen molar-refractivity contribution in [3.8, 4) is 5.69 Å². The summed E-state index contributed by atoms with van der Waals surface area (Å²) in [6.07, 6.45) is 5.18. The molecule has 2 N–H and O–H groups in total. The molecule has 0 aliphatic rings. The largest absolute Gasteiger partial charge is 0.331 e. The Morgan fingerprint density at radius 2 is 1.92 bits per heavy atom. The number of aromatic nitrogens is 5. The fourth-order valence-corrected chi connectivity index (χ4v) is 2.61. The zero-order valence-corrected chi connectivity index (χ0v) is 14.4. The lowest BCUT2D eigenvalue weighted by molar-refractivity contribution is 0.244. The van der Waals surface area contributed by atoms with Crippen molar-refractivity contribution in [2.75, 3.05) is 5.32 Å². The van der Waals surface area contributed by atoms with Gasteiger partial charge in [-0.25, -0.2) is 4.79 Å². The van der Waals surface area contributed by atoms with Crippen molar-refractivity contribution in [1.82, 2.24) is 30.1 Å². The van der Waals surface area contributed by atoms with E-state index >= 15 is 0 Å². The zero-order valence-electron chi connectivity index (χ0n) is 14.4. The molecule has 0 radical (unpaired) electrons. The van der Waals surface area contributed by atoms with Crippen molar-refractivity contribution in [1.29, 1.82) is 0 Å². The fourth-order valence-electron chi connectivity index (χ4n) is 2.61. The van der Waals surface area contributed by atoms with Gasteiger partial charge in [0.15, 0.2) is 5.82 Å². The highest BCUT2D eigenvalue weighted by Gasteiger charge is 2.20. The fraction of sp³-hybridized carbons (Fsp3) is 0.294. The van der Waals surface area contributed by atoms with E-state index < -0.39 is 0 Å². The number of carbonyl (C=O) groups is 1. The first-order valence-electron chi connectivity index (χ1n) is 8.07. The lowest BCUT2D eigenvalue weighted by atomic mass is 9.99. The van der Waals surface area contributed by atoms with Crippen LogP contribution in [0.15, 0.2) is 48.9 Å². The zero-order chi connectivity index (χ0) is 17.8. The van der Waals surface area contributed by atoms with Crippen LogP contribution in [0.2, 0.25) is 0 Å². The van der Waals surface area contributed by atoms with E-state index in [1.807, 2.05) is 57.4 Å². The van der Waals surface area contributed by atoms with Crippen molar-refractivity contribution in [2.24, 2.45) is 13.0 Å². The average molecular weight is 339 g/mol. The number of nitrogens with zero attached hydrogens (tertiary/aromatic N) is 5. The minimum atomic E-state index is -0.318. The van der Waals surface area contributed by atoms with Crippen molar-refractivity contribution >= 4 is 11.8 Å². The third kappa shape index (κ3) is 3.85. The number of nitrogens with one attached hydrogen (secondary N) is 2. The molecule has 1 unspecified atom stereocenters. The maximum atomic E-state index is 12.5. The number of urea groups is 1. The van der Waals surface area contributed by atoms with E-state index in [0.717, 1.165) is 11.3 Å². The number of carbonyl (C=O) groups excluding carboxylic acids is 1.